The van der Waals surface area contributed by atoms with Crippen molar-refractivity contribution >= 4 is 13.6 Å². The molecule has 0 bridgehead atoms. The van der Waals surface area contributed by atoms with Crippen LogP contribution in [-0.2, 0) is 23.1 Å². The van der Waals surface area contributed by atoms with Gasteiger partial charge in [-0.1, -0.05) is 0 Å². The molecule has 3 atom stereocenters. The predicted molar refractivity (Wildman–Crippen MR) is 67.8 cm³/mol. The van der Waals surface area contributed by atoms with Crippen molar-refractivity contribution in [1.82, 2.24) is 0 Å². The Balaban J connectivity index is 2.33. The summed E-state index contributed by atoms with van der Waals surface area (Å²) in [6.07, 6.45) is 0.328. The number of rotatable bonds is 7. The lowest BCUT2D eigenvalue weighted by atomic mass is 10.3. The van der Waals surface area contributed by atoms with Crippen LogP contribution in [0.25, 0.3) is 0 Å². The van der Waals surface area contributed by atoms with E-state index in [1.54, 1.807) is 13.8 Å². The van der Waals surface area contributed by atoms with Crippen molar-refractivity contribution in [2.75, 3.05) is 20.3 Å². The lowest BCUT2D eigenvalue weighted by Gasteiger charge is -2.21. The average molecular weight is 307 g/mol. The highest BCUT2D eigenvalue weighted by molar-refractivity contribution is 7.55. The molecule has 0 aromatic rings. The van der Waals surface area contributed by atoms with Gasteiger partial charge in [0, 0.05) is 11.3 Å². The Morgan fingerprint density at radius 2 is 1.95 bits per heavy atom. The quantitative estimate of drug-likeness (QED) is 0.305. The van der Waals surface area contributed by atoms with E-state index in [9.17, 15) is 19.5 Å². The molecule has 114 valence electrons. The van der Waals surface area contributed by atoms with Crippen molar-refractivity contribution in [1.29, 1.82) is 0 Å². The van der Waals surface area contributed by atoms with Crippen LogP contribution < -0.4 is 0 Å². The second-order valence-electron chi connectivity index (χ2n) is 5.02. The molecule has 0 saturated heterocycles. The van der Waals surface area contributed by atoms with Gasteiger partial charge in [-0.25, -0.2) is 0 Å². The first kappa shape index (κ1) is 15.4. The molecule has 8 nitrogen and oxygen atoms in total. The lowest BCUT2D eigenvalue weighted by Crippen LogP contribution is -2.29. The van der Waals surface area contributed by atoms with E-state index in [1.807, 2.05) is 0 Å². The van der Waals surface area contributed by atoms with E-state index in [-0.39, 0.29) is 19.6 Å². The predicted octanol–water partition coefficient (Wildman–Crippen LogP) is 1.81. The normalized spacial score (nSPS) is 34.9. The maximum absolute atomic E-state index is 12.8. The summed E-state index contributed by atoms with van der Waals surface area (Å²) >= 11 is 0. The minimum atomic E-state index is -3.92. The molecule has 0 aliphatic heterocycles. The van der Waals surface area contributed by atoms with Gasteiger partial charge < -0.3 is 13.8 Å². The van der Waals surface area contributed by atoms with Crippen LogP contribution >= 0.6 is 7.60 Å². The average Bonchev–Trinajstić information content (AvgIpc) is 3.27. The number of carbonyl (C=O) groups is 1. The number of nitro groups is 1. The smallest absolute Gasteiger partial charge is 0.407 e. The van der Waals surface area contributed by atoms with Gasteiger partial charge in [0.1, 0.15) is 0 Å². The van der Waals surface area contributed by atoms with Crippen molar-refractivity contribution in [2.24, 2.45) is 11.3 Å². The number of nitrogens with zero attached hydrogens (tertiary/aromatic N) is 1. The fraction of sp³-hybridized carbons (Fsp3) is 0.909. The third kappa shape index (κ3) is 1.75. The van der Waals surface area contributed by atoms with Crippen LogP contribution in [0.5, 0.6) is 0 Å². The molecule has 2 saturated carbocycles. The molecule has 9 heteroatoms. The van der Waals surface area contributed by atoms with E-state index in [0.717, 1.165) is 0 Å². The molecule has 1 spiro atoms. The zero-order chi connectivity index (χ0) is 15.2. The van der Waals surface area contributed by atoms with Gasteiger partial charge in [0.25, 0.3) is 0 Å². The molecule has 0 N–H and O–H groups in total. The van der Waals surface area contributed by atoms with E-state index in [1.165, 1.54) is 7.11 Å². The van der Waals surface area contributed by atoms with E-state index in [0.29, 0.717) is 6.42 Å². The zero-order valence-corrected chi connectivity index (χ0v) is 12.6. The summed E-state index contributed by atoms with van der Waals surface area (Å²) in [5.41, 5.74) is -0.927. The minimum absolute atomic E-state index is 0.0318. The Bertz CT molecular complexity index is 485. The van der Waals surface area contributed by atoms with Crippen molar-refractivity contribution in [2.45, 2.75) is 32.0 Å². The fourth-order valence-corrected chi connectivity index (χ4v) is 5.75. The summed E-state index contributed by atoms with van der Waals surface area (Å²) in [4.78, 5) is 22.5. The molecule has 20 heavy (non-hydrogen) atoms. The number of esters is 1. The Morgan fingerprint density at radius 1 is 1.40 bits per heavy atom. The van der Waals surface area contributed by atoms with Gasteiger partial charge in [0.15, 0.2) is 0 Å². The molecule has 3 unspecified atom stereocenters. The SMILES string of the molecule is CCOP(=O)(OCC)C1([N+](=O)[O-])CC12CC2C(=O)OC. The standard InChI is InChI=1S/C11H18NO7P/c1-4-18-20(16,19-5-2)11(12(14)15)7-10(11)6-8(10)9(13)17-3/h8H,4-7H2,1-3H3. The van der Waals surface area contributed by atoms with Crippen LogP contribution in [0.3, 0.4) is 0 Å². The Labute approximate surface area is 116 Å². The highest BCUT2D eigenvalue weighted by atomic mass is 31.2. The topological polar surface area (TPSA) is 105 Å². The lowest BCUT2D eigenvalue weighted by molar-refractivity contribution is -0.521. The second kappa shape index (κ2) is 4.79. The Hall–Kier alpha value is -0.980. The van der Waals surface area contributed by atoms with Gasteiger partial charge in [-0.15, -0.1) is 0 Å². The molecule has 0 radical (unpaired) electrons. The highest BCUT2D eigenvalue weighted by Crippen LogP contribution is 2.90. The fourth-order valence-electron chi connectivity index (χ4n) is 3.10. The van der Waals surface area contributed by atoms with Crippen LogP contribution in [0.15, 0.2) is 0 Å². The zero-order valence-electron chi connectivity index (χ0n) is 11.7. The van der Waals surface area contributed by atoms with E-state index < -0.39 is 35.1 Å². The minimum Gasteiger partial charge on any atom is -0.469 e. The van der Waals surface area contributed by atoms with Crippen LogP contribution in [-0.4, -0.2) is 36.5 Å². The van der Waals surface area contributed by atoms with Gasteiger partial charge in [-0.3, -0.25) is 19.5 Å². The van der Waals surface area contributed by atoms with Crippen LogP contribution in [0.4, 0.5) is 0 Å². The number of hydrogen-bond acceptors (Lipinski definition) is 7. The molecule has 0 heterocycles. The maximum Gasteiger partial charge on any atom is 0.407 e. The summed E-state index contributed by atoms with van der Waals surface area (Å²) in [5, 5.41) is 9.71. The monoisotopic (exact) mass is 307 g/mol. The van der Waals surface area contributed by atoms with Gasteiger partial charge in [-0.05, 0) is 20.3 Å². The first-order valence-electron chi connectivity index (χ1n) is 6.46. The molecule has 0 aromatic heterocycles. The molecular formula is C11H18NO7P. The van der Waals surface area contributed by atoms with Crippen LogP contribution in [0.1, 0.15) is 26.7 Å². The van der Waals surface area contributed by atoms with E-state index in [4.69, 9.17) is 9.05 Å². The van der Waals surface area contributed by atoms with Crippen molar-refractivity contribution in [3.05, 3.63) is 10.1 Å². The summed E-state index contributed by atoms with van der Waals surface area (Å²) in [5.74, 6) is -1.10. The third-order valence-corrected chi connectivity index (χ3v) is 7.02. The molecule has 0 amide bonds. The van der Waals surface area contributed by atoms with E-state index in [2.05, 4.69) is 4.74 Å². The number of carbonyl (C=O) groups excluding carboxylic acids is 1. The summed E-state index contributed by atoms with van der Waals surface area (Å²) in [6, 6.07) is 0. The van der Waals surface area contributed by atoms with Crippen LogP contribution in [0.2, 0.25) is 0 Å². The number of ether oxygens (including phenoxy) is 1. The number of hydrogen-bond donors (Lipinski definition) is 0. The van der Waals surface area contributed by atoms with Crippen LogP contribution in [0, 0.1) is 21.4 Å². The van der Waals surface area contributed by atoms with E-state index >= 15 is 0 Å². The van der Waals surface area contributed by atoms with Gasteiger partial charge in [0.05, 0.1) is 31.7 Å². The van der Waals surface area contributed by atoms with Crippen molar-refractivity contribution < 1.29 is 28.1 Å². The molecule has 2 aliphatic carbocycles. The number of methoxy groups -OCH3 is 1. The largest absolute Gasteiger partial charge is 0.469 e. The maximum atomic E-state index is 12.8. The van der Waals surface area contributed by atoms with Gasteiger partial charge in [-0.2, -0.15) is 0 Å². The molecule has 2 aliphatic rings. The highest BCUT2D eigenvalue weighted by Gasteiger charge is 2.98. The third-order valence-electron chi connectivity index (χ3n) is 4.15. The summed E-state index contributed by atoms with van der Waals surface area (Å²) in [7, 11) is -2.69. The first-order valence-corrected chi connectivity index (χ1v) is 8.01. The summed E-state index contributed by atoms with van der Waals surface area (Å²) in [6.45, 7) is 3.29. The van der Waals surface area contributed by atoms with Crippen molar-refractivity contribution in [3.63, 3.8) is 0 Å². The molecular weight excluding hydrogens is 289 g/mol. The summed E-state index contributed by atoms with van der Waals surface area (Å²) < 4.78 is 27.7. The van der Waals surface area contributed by atoms with Gasteiger partial charge >= 0.3 is 18.8 Å². The van der Waals surface area contributed by atoms with Crippen molar-refractivity contribution in [3.8, 4) is 0 Å². The second-order valence-corrected chi connectivity index (χ2v) is 7.27. The Kier molecular flexibility index (Phi) is 3.69. The molecule has 2 rings (SSSR count). The molecule has 0 aromatic carbocycles. The Morgan fingerprint density at radius 3 is 2.35 bits per heavy atom. The molecule has 2 fully saturated rings. The van der Waals surface area contributed by atoms with Gasteiger partial charge in [0.2, 0.25) is 0 Å². The first-order chi connectivity index (χ1) is 9.35.